The third-order valence-corrected chi connectivity index (χ3v) is 3.42. The fourth-order valence-corrected chi connectivity index (χ4v) is 1.95. The summed E-state index contributed by atoms with van der Waals surface area (Å²) < 4.78 is 5.44. The zero-order valence-electron chi connectivity index (χ0n) is 11.4. The molecular weight excluding hydrogens is 216 g/mol. The van der Waals surface area contributed by atoms with Gasteiger partial charge < -0.3 is 15.0 Å². The minimum absolute atomic E-state index is 0.0663. The van der Waals surface area contributed by atoms with Gasteiger partial charge in [0.2, 0.25) is 5.91 Å². The highest BCUT2D eigenvalue weighted by atomic mass is 16.5. The van der Waals surface area contributed by atoms with E-state index in [1.54, 1.807) is 4.90 Å². The molecule has 1 aliphatic heterocycles. The van der Waals surface area contributed by atoms with Crippen LogP contribution in [0.1, 0.15) is 39.5 Å². The van der Waals surface area contributed by atoms with Crippen molar-refractivity contribution in [3.8, 4) is 0 Å². The maximum atomic E-state index is 11.6. The van der Waals surface area contributed by atoms with E-state index in [9.17, 15) is 4.79 Å². The molecule has 1 heterocycles. The molecule has 100 valence electrons. The van der Waals surface area contributed by atoms with E-state index in [1.165, 1.54) is 19.3 Å². The molecule has 1 unspecified atom stereocenters. The Bertz CT molecular complexity index is 225. The molecule has 17 heavy (non-hydrogen) atoms. The van der Waals surface area contributed by atoms with Crippen LogP contribution in [0.15, 0.2) is 0 Å². The average Bonchev–Trinajstić information content (AvgIpc) is 2.34. The molecule has 4 heteroatoms. The monoisotopic (exact) mass is 242 g/mol. The first-order chi connectivity index (χ1) is 8.11. The summed E-state index contributed by atoms with van der Waals surface area (Å²) in [6, 6.07) is 0.827. The van der Waals surface area contributed by atoms with Gasteiger partial charge in [0, 0.05) is 25.7 Å². The van der Waals surface area contributed by atoms with Crippen molar-refractivity contribution in [2.45, 2.75) is 51.6 Å². The van der Waals surface area contributed by atoms with Crippen molar-refractivity contribution in [1.29, 1.82) is 0 Å². The number of amides is 1. The molecule has 0 aliphatic carbocycles. The molecule has 0 saturated carbocycles. The number of carbonyl (C=O) groups excluding carboxylic acids is 1. The molecule has 1 amide bonds. The van der Waals surface area contributed by atoms with Crippen LogP contribution in [0.3, 0.4) is 0 Å². The van der Waals surface area contributed by atoms with Crippen LogP contribution in [0.4, 0.5) is 0 Å². The van der Waals surface area contributed by atoms with Crippen LogP contribution in [-0.4, -0.2) is 49.7 Å². The molecule has 1 saturated heterocycles. The second-order valence-corrected chi connectivity index (χ2v) is 5.09. The van der Waals surface area contributed by atoms with E-state index in [-0.39, 0.29) is 18.6 Å². The van der Waals surface area contributed by atoms with Gasteiger partial charge in [0.15, 0.2) is 0 Å². The normalized spacial score (nSPS) is 20.6. The van der Waals surface area contributed by atoms with Crippen LogP contribution in [0, 0.1) is 0 Å². The predicted molar refractivity (Wildman–Crippen MR) is 69.0 cm³/mol. The Balaban J connectivity index is 2.05. The van der Waals surface area contributed by atoms with Gasteiger partial charge in [-0.2, -0.15) is 0 Å². The highest BCUT2D eigenvalue weighted by Gasteiger charge is 2.14. The summed E-state index contributed by atoms with van der Waals surface area (Å²) in [5.74, 6) is 0.0663. The number of ether oxygens (including phenoxy) is 1. The number of nitrogens with one attached hydrogen (secondary N) is 1. The van der Waals surface area contributed by atoms with Crippen LogP contribution < -0.4 is 5.32 Å². The fourth-order valence-electron chi connectivity index (χ4n) is 1.95. The van der Waals surface area contributed by atoms with Crippen molar-refractivity contribution in [3.05, 3.63) is 0 Å². The largest absolute Gasteiger partial charge is 0.372 e. The van der Waals surface area contributed by atoms with E-state index < -0.39 is 0 Å². The van der Waals surface area contributed by atoms with Crippen LogP contribution >= 0.6 is 0 Å². The van der Waals surface area contributed by atoms with E-state index in [4.69, 9.17) is 4.74 Å². The molecule has 0 aromatic heterocycles. The lowest BCUT2D eigenvalue weighted by molar-refractivity contribution is -0.136. The first kappa shape index (κ1) is 14.5. The van der Waals surface area contributed by atoms with Crippen molar-refractivity contribution < 1.29 is 9.53 Å². The zero-order valence-corrected chi connectivity index (χ0v) is 11.4. The number of nitrogens with zero attached hydrogens (tertiary/aromatic N) is 1. The third kappa shape index (κ3) is 5.50. The molecule has 1 rings (SSSR count). The van der Waals surface area contributed by atoms with E-state index in [0.29, 0.717) is 12.6 Å². The number of carbonyl (C=O) groups is 1. The number of rotatable bonds is 6. The SMILES string of the molecule is CC(C)N(C)C(=O)COCCC1CCCCN1. The summed E-state index contributed by atoms with van der Waals surface area (Å²) in [5, 5.41) is 3.47. The molecule has 1 N–H and O–H groups in total. The summed E-state index contributed by atoms with van der Waals surface area (Å²) in [6.45, 7) is 6.02. The van der Waals surface area contributed by atoms with Crippen LogP contribution in [0.2, 0.25) is 0 Å². The summed E-state index contributed by atoms with van der Waals surface area (Å²) in [5.41, 5.74) is 0. The molecule has 0 radical (unpaired) electrons. The molecular formula is C13H26N2O2. The average molecular weight is 242 g/mol. The Morgan fingerprint density at radius 1 is 1.47 bits per heavy atom. The quantitative estimate of drug-likeness (QED) is 0.716. The maximum Gasteiger partial charge on any atom is 0.248 e. The predicted octanol–water partition coefficient (Wildman–Crippen LogP) is 1.40. The lowest BCUT2D eigenvalue weighted by Gasteiger charge is -2.24. The Kier molecular flexibility index (Phi) is 6.52. The molecule has 1 atom stereocenters. The summed E-state index contributed by atoms with van der Waals surface area (Å²) in [4.78, 5) is 13.3. The van der Waals surface area contributed by atoms with Gasteiger partial charge in [-0.1, -0.05) is 6.42 Å². The second kappa shape index (κ2) is 7.67. The van der Waals surface area contributed by atoms with Crippen molar-refractivity contribution in [3.63, 3.8) is 0 Å². The molecule has 1 fully saturated rings. The highest BCUT2D eigenvalue weighted by Crippen LogP contribution is 2.09. The van der Waals surface area contributed by atoms with Gasteiger partial charge in [0.05, 0.1) is 0 Å². The number of hydrogen-bond donors (Lipinski definition) is 1. The Morgan fingerprint density at radius 3 is 2.82 bits per heavy atom. The molecule has 1 aliphatic rings. The first-order valence-corrected chi connectivity index (χ1v) is 6.68. The van der Waals surface area contributed by atoms with Gasteiger partial charge in [-0.05, 0) is 39.7 Å². The van der Waals surface area contributed by atoms with Crippen LogP contribution in [-0.2, 0) is 9.53 Å². The third-order valence-electron chi connectivity index (χ3n) is 3.42. The van der Waals surface area contributed by atoms with Gasteiger partial charge in [-0.15, -0.1) is 0 Å². The fraction of sp³-hybridized carbons (Fsp3) is 0.923. The Hall–Kier alpha value is -0.610. The smallest absolute Gasteiger partial charge is 0.248 e. The van der Waals surface area contributed by atoms with E-state index in [1.807, 2.05) is 20.9 Å². The van der Waals surface area contributed by atoms with Gasteiger partial charge in [-0.3, -0.25) is 4.79 Å². The molecule has 0 aromatic rings. The van der Waals surface area contributed by atoms with Crippen molar-refractivity contribution in [2.75, 3.05) is 26.8 Å². The van der Waals surface area contributed by atoms with Gasteiger partial charge in [-0.25, -0.2) is 0 Å². The first-order valence-electron chi connectivity index (χ1n) is 6.68. The van der Waals surface area contributed by atoms with Crippen molar-refractivity contribution in [2.24, 2.45) is 0 Å². The minimum Gasteiger partial charge on any atom is -0.372 e. The lowest BCUT2D eigenvalue weighted by Crippen LogP contribution is -2.37. The molecule has 4 nitrogen and oxygen atoms in total. The zero-order chi connectivity index (χ0) is 12.7. The Labute approximate surface area is 105 Å². The summed E-state index contributed by atoms with van der Waals surface area (Å²) in [6.07, 6.45) is 4.85. The highest BCUT2D eigenvalue weighted by molar-refractivity contribution is 5.77. The lowest BCUT2D eigenvalue weighted by atomic mass is 10.0. The number of hydrogen-bond acceptors (Lipinski definition) is 3. The molecule has 0 aromatic carbocycles. The van der Waals surface area contributed by atoms with E-state index >= 15 is 0 Å². The van der Waals surface area contributed by atoms with Crippen molar-refractivity contribution in [1.82, 2.24) is 10.2 Å². The van der Waals surface area contributed by atoms with Gasteiger partial charge in [0.25, 0.3) is 0 Å². The molecule has 0 spiro atoms. The van der Waals surface area contributed by atoms with Crippen LogP contribution in [0.25, 0.3) is 0 Å². The summed E-state index contributed by atoms with van der Waals surface area (Å²) >= 11 is 0. The molecule has 0 bridgehead atoms. The number of piperidine rings is 1. The van der Waals surface area contributed by atoms with E-state index in [2.05, 4.69) is 5.32 Å². The second-order valence-electron chi connectivity index (χ2n) is 5.09. The van der Waals surface area contributed by atoms with Gasteiger partial charge >= 0.3 is 0 Å². The minimum atomic E-state index is 0.0663. The van der Waals surface area contributed by atoms with Gasteiger partial charge in [0.1, 0.15) is 6.61 Å². The van der Waals surface area contributed by atoms with Crippen molar-refractivity contribution >= 4 is 5.91 Å². The Morgan fingerprint density at radius 2 is 2.24 bits per heavy atom. The number of likely N-dealkylation sites (N-methyl/N-ethyl adjacent to an activating group) is 1. The maximum absolute atomic E-state index is 11.6. The van der Waals surface area contributed by atoms with E-state index in [0.717, 1.165) is 13.0 Å². The topological polar surface area (TPSA) is 41.6 Å². The van der Waals surface area contributed by atoms with Crippen LogP contribution in [0.5, 0.6) is 0 Å². The summed E-state index contributed by atoms with van der Waals surface area (Å²) in [7, 11) is 1.82. The standard InChI is InChI=1S/C13H26N2O2/c1-11(2)15(3)13(16)10-17-9-7-12-6-4-5-8-14-12/h11-12,14H,4-10H2,1-3H3.